The number of hydrogen-bond donors (Lipinski definition) is 1. The van der Waals surface area contributed by atoms with Crippen LogP contribution in [-0.4, -0.2) is 45.3 Å². The molecule has 0 aliphatic heterocycles. The van der Waals surface area contributed by atoms with E-state index in [-0.39, 0.29) is 12.5 Å². The van der Waals surface area contributed by atoms with Gasteiger partial charge in [-0.2, -0.15) is 5.10 Å². The van der Waals surface area contributed by atoms with Crippen molar-refractivity contribution in [3.8, 4) is 5.69 Å². The van der Waals surface area contributed by atoms with Crippen molar-refractivity contribution < 1.29 is 14.7 Å². The zero-order valence-corrected chi connectivity index (χ0v) is 15.4. The predicted molar refractivity (Wildman–Crippen MR) is 94.4 cm³/mol. The van der Waals surface area contributed by atoms with E-state index < -0.39 is 11.9 Å². The lowest BCUT2D eigenvalue weighted by Crippen LogP contribution is -2.34. The third-order valence-corrected chi connectivity index (χ3v) is 4.35. The molecule has 128 valence electrons. The van der Waals surface area contributed by atoms with Crippen molar-refractivity contribution in [2.45, 2.75) is 20.3 Å². The van der Waals surface area contributed by atoms with Crippen LogP contribution in [0.25, 0.3) is 5.69 Å². The van der Waals surface area contributed by atoms with Crippen molar-refractivity contribution in [3.05, 3.63) is 46.2 Å². The molecule has 0 saturated carbocycles. The number of carbonyl (C=O) groups excluding carboxylic acids is 1. The van der Waals surface area contributed by atoms with Crippen LogP contribution in [0.4, 0.5) is 0 Å². The average molecular weight is 394 g/mol. The molecule has 0 radical (unpaired) electrons. The Labute approximate surface area is 149 Å². The lowest BCUT2D eigenvalue weighted by atomic mass is 10.1. The van der Waals surface area contributed by atoms with E-state index in [9.17, 15) is 9.59 Å². The van der Waals surface area contributed by atoms with E-state index >= 15 is 0 Å². The molecule has 0 saturated heterocycles. The Balaban J connectivity index is 2.29. The summed E-state index contributed by atoms with van der Waals surface area (Å²) in [6.45, 7) is 3.70. The lowest BCUT2D eigenvalue weighted by molar-refractivity contribution is -0.141. The number of aromatic nitrogens is 2. The molecule has 0 bridgehead atoms. The van der Waals surface area contributed by atoms with Gasteiger partial charge in [0, 0.05) is 18.1 Å². The highest BCUT2D eigenvalue weighted by Crippen LogP contribution is 2.19. The fraction of sp³-hybridized carbons (Fsp3) is 0.353. The molecule has 1 atom stereocenters. The van der Waals surface area contributed by atoms with Crippen molar-refractivity contribution in [2.24, 2.45) is 5.92 Å². The number of carboxylic acids is 1. The first-order valence-corrected chi connectivity index (χ1v) is 8.45. The fourth-order valence-corrected chi connectivity index (χ4v) is 2.74. The molecule has 0 aliphatic rings. The highest BCUT2D eigenvalue weighted by molar-refractivity contribution is 9.10. The third-order valence-electron chi connectivity index (χ3n) is 3.82. The van der Waals surface area contributed by atoms with Crippen LogP contribution in [0.15, 0.2) is 34.9 Å². The minimum absolute atomic E-state index is 0.154. The Morgan fingerprint density at radius 3 is 2.50 bits per heavy atom. The summed E-state index contributed by atoms with van der Waals surface area (Å²) in [5.74, 6) is -1.76. The van der Waals surface area contributed by atoms with Crippen LogP contribution >= 0.6 is 15.9 Å². The summed E-state index contributed by atoms with van der Waals surface area (Å²) in [6.07, 6.45) is 2.19. The maximum absolute atomic E-state index is 12.7. The number of halogens is 1. The summed E-state index contributed by atoms with van der Waals surface area (Å²) < 4.78 is 2.71. The monoisotopic (exact) mass is 393 g/mol. The lowest BCUT2D eigenvalue weighted by Gasteiger charge is -2.19. The van der Waals surface area contributed by atoms with E-state index in [2.05, 4.69) is 21.0 Å². The minimum Gasteiger partial charge on any atom is -0.481 e. The normalized spacial score (nSPS) is 12.0. The van der Waals surface area contributed by atoms with E-state index in [1.54, 1.807) is 24.9 Å². The Bertz CT molecular complexity index is 740. The molecule has 0 aliphatic carbocycles. The second kappa shape index (κ2) is 7.61. The summed E-state index contributed by atoms with van der Waals surface area (Å²) in [5, 5.41) is 13.3. The van der Waals surface area contributed by atoms with Crippen LogP contribution in [0.5, 0.6) is 0 Å². The van der Waals surface area contributed by atoms with Crippen LogP contribution in [0.2, 0.25) is 0 Å². The number of carbonyl (C=O) groups is 2. The Morgan fingerprint density at radius 2 is 1.96 bits per heavy atom. The van der Waals surface area contributed by atoms with Gasteiger partial charge in [0.25, 0.3) is 5.91 Å². The summed E-state index contributed by atoms with van der Waals surface area (Å²) >= 11 is 3.40. The minimum atomic E-state index is -0.920. The van der Waals surface area contributed by atoms with Gasteiger partial charge in [-0.25, -0.2) is 4.68 Å². The number of rotatable bonds is 6. The number of benzene rings is 1. The van der Waals surface area contributed by atoms with Gasteiger partial charge in [0.05, 0.1) is 29.1 Å². The van der Waals surface area contributed by atoms with Crippen LogP contribution < -0.4 is 0 Å². The van der Waals surface area contributed by atoms with Gasteiger partial charge in [0.2, 0.25) is 0 Å². The quantitative estimate of drug-likeness (QED) is 0.818. The fourth-order valence-electron chi connectivity index (χ4n) is 2.47. The summed E-state index contributed by atoms with van der Waals surface area (Å²) in [6, 6.07) is 7.67. The van der Waals surface area contributed by atoms with Gasteiger partial charge in [0.1, 0.15) is 0 Å². The van der Waals surface area contributed by atoms with Crippen molar-refractivity contribution in [3.63, 3.8) is 0 Å². The smallest absolute Gasteiger partial charge is 0.308 e. The van der Waals surface area contributed by atoms with Crippen molar-refractivity contribution >= 4 is 27.8 Å². The topological polar surface area (TPSA) is 75.4 Å². The van der Waals surface area contributed by atoms with E-state index in [0.717, 1.165) is 15.9 Å². The molecule has 1 unspecified atom stereocenters. The zero-order chi connectivity index (χ0) is 17.9. The summed E-state index contributed by atoms with van der Waals surface area (Å²) in [4.78, 5) is 25.1. The molecule has 6 nitrogen and oxygen atoms in total. The molecule has 1 amide bonds. The maximum atomic E-state index is 12.7. The Kier molecular flexibility index (Phi) is 5.77. The predicted octanol–water partition coefficient (Wildman–Crippen LogP) is 2.99. The third kappa shape index (κ3) is 3.84. The Morgan fingerprint density at radius 1 is 1.33 bits per heavy atom. The molecule has 0 spiro atoms. The summed E-state index contributed by atoms with van der Waals surface area (Å²) in [5.41, 5.74) is 2.17. The standard InChI is InChI=1S/C17H20BrN3O3/c1-4-15-14(16(22)20(3)10-11(2)17(23)24)9-19-21(15)13-7-5-12(18)6-8-13/h5-9,11H,4,10H2,1-3H3,(H,23,24). The molecule has 2 aromatic rings. The van der Waals surface area contributed by atoms with E-state index in [1.165, 1.54) is 4.90 Å². The van der Waals surface area contributed by atoms with Crippen LogP contribution in [0.3, 0.4) is 0 Å². The first-order valence-electron chi connectivity index (χ1n) is 7.66. The number of amides is 1. The molecular formula is C17H20BrN3O3. The number of hydrogen-bond acceptors (Lipinski definition) is 3. The van der Waals surface area contributed by atoms with Gasteiger partial charge in [-0.3, -0.25) is 9.59 Å². The van der Waals surface area contributed by atoms with Crippen molar-refractivity contribution in [1.82, 2.24) is 14.7 Å². The SMILES string of the molecule is CCc1c(C(=O)N(C)CC(C)C(=O)O)cnn1-c1ccc(Br)cc1. The van der Waals surface area contributed by atoms with Gasteiger partial charge < -0.3 is 10.0 Å². The van der Waals surface area contributed by atoms with Crippen LogP contribution in [0.1, 0.15) is 29.9 Å². The molecule has 1 N–H and O–H groups in total. The highest BCUT2D eigenvalue weighted by Gasteiger charge is 2.23. The molecule has 2 rings (SSSR count). The Hall–Kier alpha value is -2.15. The number of nitrogens with zero attached hydrogens (tertiary/aromatic N) is 3. The molecule has 1 aromatic carbocycles. The second-order valence-corrected chi connectivity index (χ2v) is 6.59. The van der Waals surface area contributed by atoms with Gasteiger partial charge in [0.15, 0.2) is 0 Å². The van der Waals surface area contributed by atoms with E-state index in [4.69, 9.17) is 5.11 Å². The summed E-state index contributed by atoms with van der Waals surface area (Å²) in [7, 11) is 1.61. The second-order valence-electron chi connectivity index (χ2n) is 5.67. The van der Waals surface area contributed by atoms with Gasteiger partial charge >= 0.3 is 5.97 Å². The number of carboxylic acid groups (broad SMARTS) is 1. The maximum Gasteiger partial charge on any atom is 0.308 e. The number of aliphatic carboxylic acids is 1. The molecule has 1 aromatic heterocycles. The van der Waals surface area contributed by atoms with Gasteiger partial charge in [-0.1, -0.05) is 29.8 Å². The molecule has 24 heavy (non-hydrogen) atoms. The van der Waals surface area contributed by atoms with Gasteiger partial charge in [-0.05, 0) is 30.7 Å². The molecule has 7 heteroatoms. The first kappa shape index (κ1) is 18.2. The first-order chi connectivity index (χ1) is 11.3. The van der Waals surface area contributed by atoms with Crippen molar-refractivity contribution in [1.29, 1.82) is 0 Å². The van der Waals surface area contributed by atoms with Crippen LogP contribution in [-0.2, 0) is 11.2 Å². The van der Waals surface area contributed by atoms with E-state index in [0.29, 0.717) is 12.0 Å². The van der Waals surface area contributed by atoms with Crippen molar-refractivity contribution in [2.75, 3.05) is 13.6 Å². The average Bonchev–Trinajstić information content (AvgIpc) is 2.98. The highest BCUT2D eigenvalue weighted by atomic mass is 79.9. The molecule has 1 heterocycles. The zero-order valence-electron chi connectivity index (χ0n) is 13.9. The van der Waals surface area contributed by atoms with E-state index in [1.807, 2.05) is 31.2 Å². The molecule has 0 fully saturated rings. The van der Waals surface area contributed by atoms with Crippen LogP contribution in [0, 0.1) is 5.92 Å². The van der Waals surface area contributed by atoms with Gasteiger partial charge in [-0.15, -0.1) is 0 Å². The molecular weight excluding hydrogens is 374 g/mol. The largest absolute Gasteiger partial charge is 0.481 e.